The lowest BCUT2D eigenvalue weighted by Gasteiger charge is -2.03. The van der Waals surface area contributed by atoms with Gasteiger partial charge in [-0.3, -0.25) is 0 Å². The third-order valence-corrected chi connectivity index (χ3v) is 3.57. The number of fused-ring (bicyclic) bond motifs is 2. The van der Waals surface area contributed by atoms with Gasteiger partial charge in [0.15, 0.2) is 0 Å². The SMILES string of the molecule is Cc1[nH]c2cc1CCCCCCCCC2. The Balaban J connectivity index is 2.02. The van der Waals surface area contributed by atoms with Crippen molar-refractivity contribution in [3.05, 3.63) is 23.0 Å². The molecule has 15 heavy (non-hydrogen) atoms. The molecule has 1 aromatic rings. The molecule has 1 heterocycles. The molecule has 0 saturated heterocycles. The van der Waals surface area contributed by atoms with Crippen molar-refractivity contribution < 1.29 is 0 Å². The molecule has 0 fully saturated rings. The lowest BCUT2D eigenvalue weighted by Crippen LogP contribution is -1.88. The Morgan fingerprint density at radius 3 is 2.20 bits per heavy atom. The maximum absolute atomic E-state index is 3.53. The molecule has 0 saturated carbocycles. The predicted octanol–water partition coefficient (Wildman–Crippen LogP) is 4.15. The molecule has 2 bridgehead atoms. The molecule has 1 aromatic heterocycles. The van der Waals surface area contributed by atoms with Crippen LogP contribution in [0.5, 0.6) is 0 Å². The van der Waals surface area contributed by atoms with E-state index in [1.54, 1.807) is 5.56 Å². The highest BCUT2D eigenvalue weighted by Gasteiger charge is 2.05. The third-order valence-electron chi connectivity index (χ3n) is 3.57. The van der Waals surface area contributed by atoms with Gasteiger partial charge < -0.3 is 4.98 Å². The Kier molecular flexibility index (Phi) is 3.87. The van der Waals surface area contributed by atoms with Crippen molar-refractivity contribution in [2.75, 3.05) is 0 Å². The standard InChI is InChI=1S/C14H23N/c1-12-13-9-7-5-3-2-4-6-8-10-14(11-13)15-12/h11,15H,2-10H2,1H3. The van der Waals surface area contributed by atoms with Crippen LogP contribution in [0.25, 0.3) is 0 Å². The molecular formula is C14H23N. The Morgan fingerprint density at radius 1 is 0.867 bits per heavy atom. The van der Waals surface area contributed by atoms with E-state index < -0.39 is 0 Å². The van der Waals surface area contributed by atoms with Crippen LogP contribution in [0.1, 0.15) is 61.9 Å². The van der Waals surface area contributed by atoms with Gasteiger partial charge in [0.1, 0.15) is 0 Å². The summed E-state index contributed by atoms with van der Waals surface area (Å²) < 4.78 is 0. The van der Waals surface area contributed by atoms with E-state index in [9.17, 15) is 0 Å². The first-order valence-electron chi connectivity index (χ1n) is 6.53. The molecule has 0 amide bonds. The molecule has 0 aliphatic heterocycles. The van der Waals surface area contributed by atoms with E-state index in [1.165, 1.54) is 69.2 Å². The maximum atomic E-state index is 3.53. The third kappa shape index (κ3) is 3.12. The van der Waals surface area contributed by atoms with Crippen molar-refractivity contribution >= 4 is 0 Å². The fourth-order valence-corrected chi connectivity index (χ4v) is 2.58. The van der Waals surface area contributed by atoms with E-state index in [2.05, 4.69) is 18.0 Å². The van der Waals surface area contributed by atoms with E-state index in [4.69, 9.17) is 0 Å². The highest BCUT2D eigenvalue weighted by molar-refractivity contribution is 5.25. The summed E-state index contributed by atoms with van der Waals surface area (Å²) >= 11 is 0. The minimum atomic E-state index is 1.25. The first-order chi connectivity index (χ1) is 7.36. The average molecular weight is 205 g/mol. The van der Waals surface area contributed by atoms with Gasteiger partial charge in [0.05, 0.1) is 0 Å². The summed E-state index contributed by atoms with van der Waals surface area (Å²) in [7, 11) is 0. The van der Waals surface area contributed by atoms with Gasteiger partial charge in [0.2, 0.25) is 0 Å². The second kappa shape index (κ2) is 5.39. The van der Waals surface area contributed by atoms with Crippen LogP contribution in [-0.2, 0) is 12.8 Å². The summed E-state index contributed by atoms with van der Waals surface area (Å²) in [6.07, 6.45) is 12.4. The lowest BCUT2D eigenvalue weighted by atomic mass is 10.0. The van der Waals surface area contributed by atoms with E-state index in [-0.39, 0.29) is 0 Å². The Labute approximate surface area is 93.3 Å². The van der Waals surface area contributed by atoms with Crippen LogP contribution in [0.4, 0.5) is 0 Å². The predicted molar refractivity (Wildman–Crippen MR) is 65.3 cm³/mol. The van der Waals surface area contributed by atoms with E-state index in [0.29, 0.717) is 0 Å². The van der Waals surface area contributed by atoms with Crippen molar-refractivity contribution in [3.63, 3.8) is 0 Å². The number of aromatic amines is 1. The Bertz CT molecular complexity index is 298. The molecule has 0 aromatic carbocycles. The molecule has 84 valence electrons. The minimum Gasteiger partial charge on any atom is -0.362 e. The summed E-state index contributed by atoms with van der Waals surface area (Å²) in [6.45, 7) is 2.22. The minimum absolute atomic E-state index is 1.25. The van der Waals surface area contributed by atoms with Gasteiger partial charge in [0, 0.05) is 11.4 Å². The van der Waals surface area contributed by atoms with Crippen molar-refractivity contribution in [3.8, 4) is 0 Å². The van der Waals surface area contributed by atoms with Crippen molar-refractivity contribution in [1.82, 2.24) is 4.98 Å². The molecule has 1 nitrogen and oxygen atoms in total. The molecule has 0 radical (unpaired) electrons. The zero-order valence-electron chi connectivity index (χ0n) is 9.94. The first-order valence-corrected chi connectivity index (χ1v) is 6.53. The normalized spacial score (nSPS) is 19.3. The number of hydrogen-bond acceptors (Lipinski definition) is 0. The fraction of sp³-hybridized carbons (Fsp3) is 0.714. The number of rotatable bonds is 0. The second-order valence-corrected chi connectivity index (χ2v) is 4.92. The van der Waals surface area contributed by atoms with Gasteiger partial charge in [-0.05, 0) is 44.2 Å². The van der Waals surface area contributed by atoms with Crippen LogP contribution in [0.3, 0.4) is 0 Å². The van der Waals surface area contributed by atoms with Crippen LogP contribution in [-0.4, -0.2) is 4.98 Å². The smallest absolute Gasteiger partial charge is 0.0152 e. The van der Waals surface area contributed by atoms with Gasteiger partial charge in [-0.15, -0.1) is 0 Å². The Morgan fingerprint density at radius 2 is 1.47 bits per heavy atom. The molecule has 1 aliphatic carbocycles. The molecule has 1 heteroatoms. The summed E-state index contributed by atoms with van der Waals surface area (Å²) in [5.41, 5.74) is 4.43. The van der Waals surface area contributed by atoms with Crippen LogP contribution < -0.4 is 0 Å². The van der Waals surface area contributed by atoms with Crippen LogP contribution in [0, 0.1) is 6.92 Å². The van der Waals surface area contributed by atoms with E-state index in [0.717, 1.165) is 0 Å². The lowest BCUT2D eigenvalue weighted by molar-refractivity contribution is 0.576. The second-order valence-electron chi connectivity index (χ2n) is 4.92. The van der Waals surface area contributed by atoms with E-state index in [1.807, 2.05) is 0 Å². The molecule has 0 atom stereocenters. The first kappa shape index (κ1) is 10.8. The molecule has 1 N–H and O–H groups in total. The molecule has 0 spiro atoms. The van der Waals surface area contributed by atoms with E-state index >= 15 is 0 Å². The van der Waals surface area contributed by atoms with Gasteiger partial charge >= 0.3 is 0 Å². The molecule has 2 rings (SSSR count). The van der Waals surface area contributed by atoms with Crippen molar-refractivity contribution in [1.29, 1.82) is 0 Å². The van der Waals surface area contributed by atoms with Gasteiger partial charge in [-0.1, -0.05) is 32.1 Å². The zero-order chi connectivity index (χ0) is 10.5. The quantitative estimate of drug-likeness (QED) is 0.655. The average Bonchev–Trinajstić information content (AvgIpc) is 2.55. The van der Waals surface area contributed by atoms with Crippen molar-refractivity contribution in [2.24, 2.45) is 0 Å². The number of hydrogen-bond donors (Lipinski definition) is 1. The number of aryl methyl sites for hydroxylation is 3. The summed E-state index contributed by atoms with van der Waals surface area (Å²) in [5.74, 6) is 0. The van der Waals surface area contributed by atoms with Crippen LogP contribution in [0.15, 0.2) is 6.07 Å². The maximum Gasteiger partial charge on any atom is 0.0152 e. The molecule has 1 aliphatic rings. The van der Waals surface area contributed by atoms with Crippen molar-refractivity contribution in [2.45, 2.75) is 64.7 Å². The zero-order valence-corrected chi connectivity index (χ0v) is 9.94. The van der Waals surface area contributed by atoms with Gasteiger partial charge in [-0.2, -0.15) is 0 Å². The highest BCUT2D eigenvalue weighted by atomic mass is 14.7. The Hall–Kier alpha value is -0.720. The molecule has 0 unspecified atom stereocenters. The number of nitrogens with one attached hydrogen (secondary N) is 1. The topological polar surface area (TPSA) is 15.8 Å². The largest absolute Gasteiger partial charge is 0.362 e. The molecular weight excluding hydrogens is 182 g/mol. The van der Waals surface area contributed by atoms with Crippen LogP contribution in [0.2, 0.25) is 0 Å². The monoisotopic (exact) mass is 205 g/mol. The highest BCUT2D eigenvalue weighted by Crippen LogP contribution is 2.18. The van der Waals surface area contributed by atoms with Gasteiger partial charge in [0.25, 0.3) is 0 Å². The summed E-state index contributed by atoms with van der Waals surface area (Å²) in [6, 6.07) is 2.40. The van der Waals surface area contributed by atoms with Gasteiger partial charge in [-0.25, -0.2) is 0 Å². The number of aromatic nitrogens is 1. The van der Waals surface area contributed by atoms with Crippen LogP contribution >= 0.6 is 0 Å². The summed E-state index contributed by atoms with van der Waals surface area (Å²) in [5, 5.41) is 0. The number of H-pyrrole nitrogens is 1. The fourth-order valence-electron chi connectivity index (χ4n) is 2.58. The summed E-state index contributed by atoms with van der Waals surface area (Å²) in [4.78, 5) is 3.53.